The first-order valence-electron chi connectivity index (χ1n) is 13.4. The van der Waals surface area contributed by atoms with Crippen LogP contribution in [0.15, 0.2) is 78.3 Å². The molecule has 1 aromatic heterocycles. The van der Waals surface area contributed by atoms with E-state index in [-0.39, 0.29) is 17.2 Å². The van der Waals surface area contributed by atoms with Crippen molar-refractivity contribution in [3.8, 4) is 0 Å². The number of hydrogen-bond acceptors (Lipinski definition) is 6. The summed E-state index contributed by atoms with van der Waals surface area (Å²) in [5.41, 5.74) is 1.66. The second-order valence-electron chi connectivity index (χ2n) is 11.6. The number of fused-ring (bicyclic) bond motifs is 2. The molecule has 0 N–H and O–H groups in total. The second kappa shape index (κ2) is 8.56. The number of rotatable bonds is 6. The lowest BCUT2D eigenvalue weighted by atomic mass is 9.75. The lowest BCUT2D eigenvalue weighted by Crippen LogP contribution is -2.49. The molecular formula is C29H31F3N6O. The fraction of sp³-hybridized carbons (Fsp3) is 0.448. The maximum absolute atomic E-state index is 14.4. The van der Waals surface area contributed by atoms with E-state index in [4.69, 9.17) is 4.74 Å². The number of piperidine rings is 1. The van der Waals surface area contributed by atoms with Crippen LogP contribution in [0.1, 0.15) is 24.7 Å². The van der Waals surface area contributed by atoms with Gasteiger partial charge in [0.2, 0.25) is 0 Å². The van der Waals surface area contributed by atoms with E-state index in [9.17, 15) is 13.2 Å². The number of ether oxygens (including phenoxy) is 1. The van der Waals surface area contributed by atoms with Crippen LogP contribution in [0.4, 0.5) is 18.9 Å². The van der Waals surface area contributed by atoms with Crippen LogP contribution in [0.3, 0.4) is 0 Å². The molecule has 0 amide bonds. The molecule has 39 heavy (non-hydrogen) atoms. The van der Waals surface area contributed by atoms with E-state index < -0.39 is 11.7 Å². The third-order valence-electron chi connectivity index (χ3n) is 9.07. The summed E-state index contributed by atoms with van der Waals surface area (Å²) >= 11 is 0. The molecule has 5 heterocycles. The molecule has 1 aliphatic carbocycles. The molecule has 0 spiro atoms. The van der Waals surface area contributed by atoms with Gasteiger partial charge in [0.15, 0.2) is 0 Å². The highest BCUT2D eigenvalue weighted by atomic mass is 19.4. The summed E-state index contributed by atoms with van der Waals surface area (Å²) in [6, 6.07) is 7.82. The quantitative estimate of drug-likeness (QED) is 0.543. The number of nitrogens with zero attached hydrogens (tertiary/aromatic N) is 6. The lowest BCUT2D eigenvalue weighted by Gasteiger charge is -2.42. The van der Waals surface area contributed by atoms with Crippen molar-refractivity contribution in [2.45, 2.75) is 37.4 Å². The van der Waals surface area contributed by atoms with Crippen LogP contribution in [0.25, 0.3) is 0 Å². The molecule has 1 saturated carbocycles. The Morgan fingerprint density at radius 2 is 1.92 bits per heavy atom. The first-order valence-corrected chi connectivity index (χ1v) is 13.4. The van der Waals surface area contributed by atoms with Gasteiger partial charge in [0.25, 0.3) is 0 Å². The molecule has 5 aliphatic rings. The number of hydrogen-bond donors (Lipinski definition) is 0. The van der Waals surface area contributed by atoms with Crippen LogP contribution < -0.4 is 4.90 Å². The maximum Gasteiger partial charge on any atom is 0.418 e. The Hall–Kier alpha value is -3.37. The molecule has 2 aromatic rings. The first-order chi connectivity index (χ1) is 18.6. The van der Waals surface area contributed by atoms with Gasteiger partial charge in [-0.05, 0) is 54.5 Å². The van der Waals surface area contributed by atoms with Crippen LogP contribution >= 0.6 is 0 Å². The standard InChI is InChI=1S/C29H31F3N6O/c1-18(36-11-21-7-22(21)12-36)20-8-25(29(30,31)32)26-14-37(19(2)38(26)13-20)24-6-4-5-23(9-24)28(15-39-16-28)10-27-34-33-17-35(27)3/h4-6,8-9,13-14,17-18,21-22H,2,7,10-12,15-16H2,1,3H3/t18-,21?,22?/m0/s1. The zero-order chi connectivity index (χ0) is 27.1. The monoisotopic (exact) mass is 536 g/mol. The molecular weight excluding hydrogens is 505 g/mol. The van der Waals surface area contributed by atoms with Crippen LogP contribution in [-0.2, 0) is 23.6 Å². The highest BCUT2D eigenvalue weighted by Gasteiger charge is 2.48. The fourth-order valence-electron chi connectivity index (χ4n) is 6.40. The smallest absolute Gasteiger partial charge is 0.379 e. The average Bonchev–Trinajstić information content (AvgIpc) is 3.16. The fourth-order valence-corrected chi connectivity index (χ4v) is 6.40. The Labute approximate surface area is 225 Å². The molecule has 2 unspecified atom stereocenters. The highest BCUT2D eigenvalue weighted by Crippen LogP contribution is 2.48. The van der Waals surface area contributed by atoms with Crippen LogP contribution in [-0.4, -0.2) is 63.1 Å². The van der Waals surface area contributed by atoms with E-state index in [2.05, 4.69) is 21.7 Å². The van der Waals surface area contributed by atoms with Gasteiger partial charge in [0, 0.05) is 56.1 Å². The minimum Gasteiger partial charge on any atom is -0.379 e. The van der Waals surface area contributed by atoms with Crippen molar-refractivity contribution in [3.05, 3.63) is 89.7 Å². The summed E-state index contributed by atoms with van der Waals surface area (Å²) in [6.07, 6.45) is 3.81. The van der Waals surface area contributed by atoms with Gasteiger partial charge in [-0.25, -0.2) is 0 Å². The van der Waals surface area contributed by atoms with Gasteiger partial charge in [-0.1, -0.05) is 18.7 Å². The molecule has 204 valence electrons. The van der Waals surface area contributed by atoms with Gasteiger partial charge in [0.05, 0.1) is 24.5 Å². The van der Waals surface area contributed by atoms with Crippen molar-refractivity contribution < 1.29 is 17.9 Å². The van der Waals surface area contributed by atoms with E-state index in [1.807, 2.05) is 49.0 Å². The highest BCUT2D eigenvalue weighted by molar-refractivity contribution is 5.64. The van der Waals surface area contributed by atoms with Crippen molar-refractivity contribution >= 4 is 5.69 Å². The van der Waals surface area contributed by atoms with E-state index in [1.54, 1.807) is 22.3 Å². The lowest BCUT2D eigenvalue weighted by molar-refractivity contribution is -0.0909. The predicted molar refractivity (Wildman–Crippen MR) is 140 cm³/mol. The third kappa shape index (κ3) is 4.03. The van der Waals surface area contributed by atoms with Gasteiger partial charge < -0.3 is 19.1 Å². The van der Waals surface area contributed by atoms with E-state index in [0.29, 0.717) is 42.9 Å². The number of aromatic nitrogens is 3. The number of alkyl halides is 3. The Bertz CT molecular complexity index is 1420. The third-order valence-corrected chi connectivity index (χ3v) is 9.07. The Morgan fingerprint density at radius 3 is 2.56 bits per heavy atom. The maximum atomic E-state index is 14.4. The van der Waals surface area contributed by atoms with Crippen molar-refractivity contribution in [3.63, 3.8) is 0 Å². The number of benzene rings is 1. The topological polar surface area (TPSA) is 49.7 Å². The average molecular weight is 537 g/mol. The van der Waals surface area contributed by atoms with E-state index in [0.717, 1.165) is 30.2 Å². The van der Waals surface area contributed by atoms with Gasteiger partial charge in [-0.15, -0.1) is 10.2 Å². The molecule has 1 aromatic carbocycles. The summed E-state index contributed by atoms with van der Waals surface area (Å²) in [4.78, 5) is 5.66. The van der Waals surface area contributed by atoms with Crippen LogP contribution in [0, 0.1) is 11.8 Å². The molecule has 4 aliphatic heterocycles. The summed E-state index contributed by atoms with van der Waals surface area (Å²) in [7, 11) is 1.91. The second-order valence-corrected chi connectivity index (χ2v) is 11.6. The zero-order valence-electron chi connectivity index (χ0n) is 22.0. The van der Waals surface area contributed by atoms with Gasteiger partial charge in [0.1, 0.15) is 18.0 Å². The van der Waals surface area contributed by atoms with Crippen molar-refractivity contribution in [2.75, 3.05) is 31.2 Å². The van der Waals surface area contributed by atoms with Gasteiger partial charge >= 0.3 is 6.18 Å². The van der Waals surface area contributed by atoms with Crippen molar-refractivity contribution in [1.82, 2.24) is 24.6 Å². The minimum atomic E-state index is -4.49. The number of likely N-dealkylation sites (tertiary alicyclic amines) is 1. The summed E-state index contributed by atoms with van der Waals surface area (Å²) < 4.78 is 50.6. The van der Waals surface area contributed by atoms with E-state index in [1.165, 1.54) is 12.5 Å². The molecule has 0 radical (unpaired) electrons. The minimum absolute atomic E-state index is 0.0962. The molecule has 7 nitrogen and oxygen atoms in total. The molecule has 2 saturated heterocycles. The van der Waals surface area contributed by atoms with Crippen LogP contribution in [0.2, 0.25) is 0 Å². The molecule has 3 atom stereocenters. The zero-order valence-corrected chi connectivity index (χ0v) is 22.0. The molecule has 0 bridgehead atoms. The Balaban J connectivity index is 1.20. The Morgan fingerprint density at radius 1 is 1.15 bits per heavy atom. The normalized spacial score (nSPS) is 26.5. The number of aryl methyl sites for hydroxylation is 1. The van der Waals surface area contributed by atoms with Crippen molar-refractivity contribution in [2.24, 2.45) is 18.9 Å². The number of allylic oxidation sites excluding steroid dienone is 1. The first kappa shape index (κ1) is 24.7. The van der Waals surface area contributed by atoms with Gasteiger partial charge in [-0.2, -0.15) is 13.2 Å². The van der Waals surface area contributed by atoms with Crippen molar-refractivity contribution in [1.29, 1.82) is 0 Å². The summed E-state index contributed by atoms with van der Waals surface area (Å²) in [6.45, 7) is 9.23. The van der Waals surface area contributed by atoms with Crippen LogP contribution in [0.5, 0.6) is 0 Å². The summed E-state index contributed by atoms with van der Waals surface area (Å²) in [5, 5.41) is 8.25. The van der Waals surface area contributed by atoms with E-state index >= 15 is 0 Å². The number of halogens is 3. The largest absolute Gasteiger partial charge is 0.418 e. The SMILES string of the molecule is C=C1N2C=C([C@H](C)N3CC4CC4C3)C=C(C(F)(F)F)C2=CN1c1cccc(C2(Cc3nncn3C)COC2)c1. The molecule has 10 heteroatoms. The van der Waals surface area contributed by atoms with Gasteiger partial charge in [-0.3, -0.25) is 4.90 Å². The predicted octanol–water partition coefficient (Wildman–Crippen LogP) is 4.49. The molecule has 3 fully saturated rings. The number of anilines is 1. The Kier molecular flexibility index (Phi) is 5.41. The summed E-state index contributed by atoms with van der Waals surface area (Å²) in [5.74, 6) is 2.75. The molecule has 7 rings (SSSR count).